The lowest BCUT2D eigenvalue weighted by Crippen LogP contribution is -2.18. The third-order valence-electron chi connectivity index (χ3n) is 4.77. The third kappa shape index (κ3) is 3.48. The summed E-state index contributed by atoms with van der Waals surface area (Å²) in [6.07, 6.45) is 7.08. The average Bonchev–Trinajstić information content (AvgIpc) is 3.48. The maximum absolute atomic E-state index is 7.15. The van der Waals surface area contributed by atoms with E-state index in [0.717, 1.165) is 28.0 Å². The molecule has 9 heteroatoms. The molecule has 0 N–H and O–H groups in total. The highest BCUT2D eigenvalue weighted by Crippen LogP contribution is 2.31. The van der Waals surface area contributed by atoms with Crippen molar-refractivity contribution in [1.82, 2.24) is 24.3 Å². The highest BCUT2D eigenvalue weighted by atomic mass is 32.1. The Labute approximate surface area is 171 Å². The van der Waals surface area contributed by atoms with Gasteiger partial charge in [-0.3, -0.25) is 4.68 Å². The summed E-state index contributed by atoms with van der Waals surface area (Å²) in [7, 11) is 1.88. The van der Waals surface area contributed by atoms with E-state index in [1.54, 1.807) is 10.9 Å². The molecular formula is C20H18N6O2S. The van der Waals surface area contributed by atoms with Crippen LogP contribution in [0.2, 0.25) is 0 Å². The number of aryl methyl sites for hydroxylation is 1. The normalized spacial score (nSPS) is 16.3. The average molecular weight is 406 g/mol. The molecule has 1 fully saturated rings. The molecule has 1 atom stereocenters. The van der Waals surface area contributed by atoms with Gasteiger partial charge >= 0.3 is 0 Å². The monoisotopic (exact) mass is 406 g/mol. The van der Waals surface area contributed by atoms with Crippen LogP contribution < -0.4 is 4.74 Å². The van der Waals surface area contributed by atoms with Crippen LogP contribution >= 0.6 is 11.3 Å². The maximum atomic E-state index is 7.15. The molecule has 0 saturated carbocycles. The Morgan fingerprint density at radius 3 is 3.00 bits per heavy atom. The van der Waals surface area contributed by atoms with Gasteiger partial charge in [0.25, 0.3) is 0 Å². The van der Waals surface area contributed by atoms with Gasteiger partial charge in [0.1, 0.15) is 17.4 Å². The van der Waals surface area contributed by atoms with Crippen molar-refractivity contribution in [2.75, 3.05) is 13.2 Å². The Morgan fingerprint density at radius 1 is 1.34 bits per heavy atom. The van der Waals surface area contributed by atoms with E-state index >= 15 is 0 Å². The number of ether oxygens (including phenoxy) is 2. The van der Waals surface area contributed by atoms with Crippen LogP contribution in [-0.2, 0) is 18.2 Å². The van der Waals surface area contributed by atoms with Crippen LogP contribution in [0.4, 0.5) is 5.00 Å². The van der Waals surface area contributed by atoms with Crippen LogP contribution in [0.15, 0.2) is 36.8 Å². The van der Waals surface area contributed by atoms with Gasteiger partial charge in [0.15, 0.2) is 0 Å². The van der Waals surface area contributed by atoms with Gasteiger partial charge in [-0.25, -0.2) is 9.83 Å². The zero-order valence-corrected chi connectivity index (χ0v) is 16.6. The first kappa shape index (κ1) is 17.8. The minimum atomic E-state index is -0.0198. The van der Waals surface area contributed by atoms with E-state index in [0.29, 0.717) is 36.3 Å². The van der Waals surface area contributed by atoms with Crippen LogP contribution in [0.1, 0.15) is 17.1 Å². The lowest BCUT2D eigenvalue weighted by atomic mass is 10.3. The van der Waals surface area contributed by atoms with E-state index in [2.05, 4.69) is 9.94 Å². The van der Waals surface area contributed by atoms with Crippen molar-refractivity contribution < 1.29 is 9.47 Å². The van der Waals surface area contributed by atoms with E-state index in [1.807, 2.05) is 42.2 Å². The maximum Gasteiger partial charge on any atom is 0.242 e. The predicted molar refractivity (Wildman–Crippen MR) is 109 cm³/mol. The van der Waals surface area contributed by atoms with Gasteiger partial charge in [-0.1, -0.05) is 6.07 Å². The van der Waals surface area contributed by atoms with Crippen molar-refractivity contribution in [3.8, 4) is 11.6 Å². The summed E-state index contributed by atoms with van der Waals surface area (Å²) in [6.45, 7) is 8.41. The molecule has 5 rings (SSSR count). The van der Waals surface area contributed by atoms with Crippen molar-refractivity contribution in [2.45, 2.75) is 18.9 Å². The van der Waals surface area contributed by atoms with Crippen LogP contribution in [-0.4, -0.2) is 43.6 Å². The molecular weight excluding hydrogens is 388 g/mol. The van der Waals surface area contributed by atoms with E-state index in [9.17, 15) is 0 Å². The van der Waals surface area contributed by atoms with Gasteiger partial charge in [-0.2, -0.15) is 21.4 Å². The third-order valence-corrected chi connectivity index (χ3v) is 5.75. The molecule has 0 aromatic carbocycles. The molecule has 29 heavy (non-hydrogen) atoms. The number of fused-ring (bicyclic) bond motifs is 1. The molecule has 0 radical (unpaired) electrons. The Morgan fingerprint density at radius 2 is 2.28 bits per heavy atom. The molecule has 1 aliphatic rings. The van der Waals surface area contributed by atoms with Gasteiger partial charge in [-0.15, -0.1) is 0 Å². The van der Waals surface area contributed by atoms with Crippen molar-refractivity contribution in [2.24, 2.45) is 7.05 Å². The van der Waals surface area contributed by atoms with E-state index in [-0.39, 0.29) is 6.10 Å². The molecule has 0 unspecified atom stereocenters. The summed E-state index contributed by atoms with van der Waals surface area (Å²) in [6, 6.07) is 5.75. The second-order valence-electron chi connectivity index (χ2n) is 6.87. The Kier molecular flexibility index (Phi) is 4.50. The van der Waals surface area contributed by atoms with Crippen molar-refractivity contribution >= 4 is 27.4 Å². The Balaban J connectivity index is 1.58. The molecule has 5 heterocycles. The van der Waals surface area contributed by atoms with Gasteiger partial charge < -0.3 is 14.0 Å². The fourth-order valence-electron chi connectivity index (χ4n) is 3.41. The topological polar surface area (TPSA) is 71.3 Å². The number of hydrogen-bond acceptors (Lipinski definition) is 6. The first-order chi connectivity index (χ1) is 14.2. The lowest BCUT2D eigenvalue weighted by Gasteiger charge is -2.14. The first-order valence-electron chi connectivity index (χ1n) is 9.27. The highest BCUT2D eigenvalue weighted by Gasteiger charge is 2.22. The standard InChI is InChI=1S/C20H18N6O2S/c1-21-18-4-3-15(29-18)9-17-23-16-5-7-26(13-10-22-25(2)11-13)19(16)20(24-17)28-14-6-8-27-12-14/h3-5,7,10-11,14H,6,8-9,12H2,2H3/t14-/m0/s1. The molecule has 1 aliphatic heterocycles. The van der Waals surface area contributed by atoms with Crippen molar-refractivity contribution in [3.63, 3.8) is 0 Å². The fourth-order valence-corrected chi connectivity index (χ4v) is 4.20. The van der Waals surface area contributed by atoms with Crippen molar-refractivity contribution in [3.05, 3.63) is 58.9 Å². The van der Waals surface area contributed by atoms with Gasteiger partial charge in [0, 0.05) is 32.3 Å². The summed E-state index contributed by atoms with van der Waals surface area (Å²) in [5, 5.41) is 4.94. The molecule has 146 valence electrons. The molecule has 0 spiro atoms. The number of nitrogens with zero attached hydrogens (tertiary/aromatic N) is 6. The summed E-state index contributed by atoms with van der Waals surface area (Å²) >= 11 is 1.47. The zero-order chi connectivity index (χ0) is 19.8. The van der Waals surface area contributed by atoms with Crippen LogP contribution in [0.25, 0.3) is 21.6 Å². The summed E-state index contributed by atoms with van der Waals surface area (Å²) in [5.74, 6) is 1.23. The van der Waals surface area contributed by atoms with E-state index in [4.69, 9.17) is 26.0 Å². The number of hydrogen-bond donors (Lipinski definition) is 0. The SMILES string of the molecule is [C-]#[N+]c1ccc(Cc2nc(O[C@H]3CCOC3)c3c(ccn3-c3cnn(C)c3)n2)s1. The molecule has 4 aromatic heterocycles. The summed E-state index contributed by atoms with van der Waals surface area (Å²) in [4.78, 5) is 14.0. The molecule has 0 bridgehead atoms. The van der Waals surface area contributed by atoms with Crippen molar-refractivity contribution in [1.29, 1.82) is 0 Å². The second-order valence-corrected chi connectivity index (χ2v) is 8.02. The summed E-state index contributed by atoms with van der Waals surface area (Å²) < 4.78 is 15.5. The molecule has 0 aliphatic carbocycles. The Bertz CT molecular complexity index is 1210. The largest absolute Gasteiger partial charge is 0.470 e. The quantitative estimate of drug-likeness (QED) is 0.474. The first-order valence-corrected chi connectivity index (χ1v) is 10.1. The number of aromatic nitrogens is 5. The molecule has 1 saturated heterocycles. The Hall–Kier alpha value is -3.22. The lowest BCUT2D eigenvalue weighted by molar-refractivity contribution is 0.139. The number of rotatable bonds is 5. The van der Waals surface area contributed by atoms with Crippen LogP contribution in [0.5, 0.6) is 5.88 Å². The molecule has 4 aromatic rings. The predicted octanol–water partition coefficient (Wildman–Crippen LogP) is 3.52. The minimum absolute atomic E-state index is 0.0198. The fraction of sp³-hybridized carbons (Fsp3) is 0.300. The molecule has 8 nitrogen and oxygen atoms in total. The van der Waals surface area contributed by atoms with E-state index in [1.165, 1.54) is 11.3 Å². The second kappa shape index (κ2) is 7.31. The van der Waals surface area contributed by atoms with Gasteiger partial charge in [0.2, 0.25) is 10.9 Å². The van der Waals surface area contributed by atoms with E-state index < -0.39 is 0 Å². The number of thiophene rings is 1. The minimum Gasteiger partial charge on any atom is -0.470 e. The zero-order valence-electron chi connectivity index (χ0n) is 15.8. The smallest absolute Gasteiger partial charge is 0.242 e. The van der Waals surface area contributed by atoms with Gasteiger partial charge in [-0.05, 0) is 17.0 Å². The van der Waals surface area contributed by atoms with Gasteiger partial charge in [0.05, 0.1) is 37.2 Å². The van der Waals surface area contributed by atoms with Crippen LogP contribution in [0, 0.1) is 6.57 Å². The van der Waals surface area contributed by atoms with Crippen LogP contribution in [0.3, 0.4) is 0 Å². The highest BCUT2D eigenvalue weighted by molar-refractivity contribution is 7.16. The summed E-state index contributed by atoms with van der Waals surface area (Å²) in [5.41, 5.74) is 2.56. The molecule has 0 amide bonds.